The van der Waals surface area contributed by atoms with Gasteiger partial charge in [-0.05, 0) is 48.6 Å². The number of unbranched alkanes of at least 4 members (excludes halogenated alkanes) is 7. The molecule has 5 atom stereocenters. The van der Waals surface area contributed by atoms with E-state index in [0.29, 0.717) is 11.8 Å². The van der Waals surface area contributed by atoms with E-state index in [1.165, 1.54) is 70.9 Å². The van der Waals surface area contributed by atoms with E-state index in [9.17, 15) is 5.11 Å². The molecular weight excluding hydrogens is 500 g/mol. The van der Waals surface area contributed by atoms with E-state index >= 15 is 0 Å². The Labute approximate surface area is 223 Å². The third kappa shape index (κ3) is 6.29. The Balaban J connectivity index is 0.00000342. The Morgan fingerprint density at radius 2 is 1.89 bits per heavy atom. The lowest BCUT2D eigenvalue weighted by Crippen LogP contribution is -3.00. The number of halogens is 1. The number of pyridine rings is 1. The largest absolute Gasteiger partial charge is 1.00 e. The summed E-state index contributed by atoms with van der Waals surface area (Å²) in [6.07, 6.45) is 16.7. The number of ether oxygens (including phenoxy) is 1. The van der Waals surface area contributed by atoms with E-state index in [0.717, 1.165) is 39.7 Å². The summed E-state index contributed by atoms with van der Waals surface area (Å²) in [7, 11) is 1.69. The highest BCUT2D eigenvalue weighted by Gasteiger charge is 2.53. The summed E-state index contributed by atoms with van der Waals surface area (Å²) in [5, 5.41) is 12.9. The van der Waals surface area contributed by atoms with Gasteiger partial charge >= 0.3 is 0 Å². The molecule has 4 nitrogen and oxygen atoms in total. The Morgan fingerprint density at radius 1 is 1.14 bits per heavy atom. The van der Waals surface area contributed by atoms with Crippen molar-refractivity contribution in [2.75, 3.05) is 26.7 Å². The molecule has 0 amide bonds. The number of hydrogen-bond donors (Lipinski definition) is 1. The number of methoxy groups -OCH3 is 1. The summed E-state index contributed by atoms with van der Waals surface area (Å²) >= 11 is 0. The minimum atomic E-state index is -0.486. The SMILES string of the molecule is C=C[C@H]1C[N@+]2(CCCCCCCCCC)CC[C@H]1C[C@H]2[C@H](O)c1ccnc2ccc(OC)cc12.[Br-]. The van der Waals surface area contributed by atoms with Gasteiger partial charge in [-0.1, -0.05) is 51.5 Å². The molecule has 0 saturated carbocycles. The Kier molecular flexibility index (Phi) is 10.6. The quantitative estimate of drug-likeness (QED) is 0.236. The van der Waals surface area contributed by atoms with Crippen LogP contribution in [0, 0.1) is 11.8 Å². The summed E-state index contributed by atoms with van der Waals surface area (Å²) < 4.78 is 6.54. The summed E-state index contributed by atoms with van der Waals surface area (Å²) in [6, 6.07) is 8.25. The van der Waals surface area contributed by atoms with Crippen molar-refractivity contribution in [2.45, 2.75) is 83.3 Å². The van der Waals surface area contributed by atoms with Gasteiger partial charge in [-0.15, -0.1) is 6.58 Å². The third-order valence-electron chi connectivity index (χ3n) is 8.80. The molecular formula is C30H45BrN2O2. The van der Waals surface area contributed by atoms with Crippen molar-refractivity contribution in [1.82, 2.24) is 4.98 Å². The number of piperidine rings is 3. The molecule has 2 bridgehead atoms. The van der Waals surface area contributed by atoms with Crippen molar-refractivity contribution in [1.29, 1.82) is 0 Å². The number of hydrogen-bond acceptors (Lipinski definition) is 3. The average Bonchev–Trinajstić information content (AvgIpc) is 2.89. The molecule has 5 rings (SSSR count). The maximum atomic E-state index is 11.9. The van der Waals surface area contributed by atoms with E-state index in [2.05, 4.69) is 24.6 Å². The number of benzene rings is 1. The van der Waals surface area contributed by atoms with Gasteiger partial charge < -0.3 is 31.3 Å². The number of fused-ring (bicyclic) bond motifs is 4. The van der Waals surface area contributed by atoms with Gasteiger partial charge in [0.25, 0.3) is 0 Å². The number of nitrogens with zero attached hydrogens (tertiary/aromatic N) is 2. The molecule has 4 heterocycles. The topological polar surface area (TPSA) is 42.4 Å². The highest BCUT2D eigenvalue weighted by Crippen LogP contribution is 2.47. The van der Waals surface area contributed by atoms with E-state index in [4.69, 9.17) is 4.74 Å². The van der Waals surface area contributed by atoms with Crippen LogP contribution in [0.25, 0.3) is 10.9 Å². The maximum Gasteiger partial charge on any atom is 0.131 e. The molecule has 1 N–H and O–H groups in total. The Morgan fingerprint density at radius 3 is 2.60 bits per heavy atom. The Bertz CT molecular complexity index is 951. The number of quaternary nitrogens is 1. The van der Waals surface area contributed by atoms with Gasteiger partial charge in [-0.25, -0.2) is 0 Å². The van der Waals surface area contributed by atoms with Crippen molar-refractivity contribution in [3.63, 3.8) is 0 Å². The van der Waals surface area contributed by atoms with E-state index < -0.39 is 6.10 Å². The number of aliphatic hydroxyl groups is 1. The fraction of sp³-hybridized carbons (Fsp3) is 0.633. The normalized spacial score (nSPS) is 26.3. The van der Waals surface area contributed by atoms with E-state index in [1.54, 1.807) is 7.11 Å². The van der Waals surface area contributed by atoms with Crippen LogP contribution in [0.1, 0.15) is 82.8 Å². The summed E-state index contributed by atoms with van der Waals surface area (Å²) in [5.41, 5.74) is 1.93. The van der Waals surface area contributed by atoms with Crippen molar-refractivity contribution in [3.05, 3.63) is 48.7 Å². The molecule has 0 spiro atoms. The molecule has 3 saturated heterocycles. The molecule has 1 aromatic heterocycles. The summed E-state index contributed by atoms with van der Waals surface area (Å²) in [4.78, 5) is 4.55. The van der Waals surface area contributed by atoms with E-state index in [1.807, 2.05) is 30.5 Å². The lowest BCUT2D eigenvalue weighted by atomic mass is 9.71. The lowest BCUT2D eigenvalue weighted by molar-refractivity contribution is -0.973. The van der Waals surface area contributed by atoms with Crippen LogP contribution in [0.3, 0.4) is 0 Å². The van der Waals surface area contributed by atoms with Gasteiger partial charge in [0.05, 0.1) is 32.3 Å². The van der Waals surface area contributed by atoms with Crippen LogP contribution in [0.2, 0.25) is 0 Å². The predicted octanol–water partition coefficient (Wildman–Crippen LogP) is 3.83. The number of aliphatic hydroxyl groups excluding tert-OH is 1. The molecule has 1 aromatic carbocycles. The zero-order valence-electron chi connectivity index (χ0n) is 21.8. The molecule has 5 heteroatoms. The molecule has 3 fully saturated rings. The highest BCUT2D eigenvalue weighted by molar-refractivity contribution is 5.83. The predicted molar refractivity (Wildman–Crippen MR) is 141 cm³/mol. The average molecular weight is 546 g/mol. The van der Waals surface area contributed by atoms with E-state index in [-0.39, 0.29) is 23.0 Å². The first-order valence-electron chi connectivity index (χ1n) is 13.7. The van der Waals surface area contributed by atoms with Gasteiger partial charge in [0.2, 0.25) is 0 Å². The first-order valence-corrected chi connectivity index (χ1v) is 13.7. The molecule has 0 radical (unpaired) electrons. The first-order chi connectivity index (χ1) is 16.6. The van der Waals surface area contributed by atoms with Crippen LogP contribution in [0.4, 0.5) is 0 Å². The summed E-state index contributed by atoms with van der Waals surface area (Å²) in [5.74, 6) is 2.05. The lowest BCUT2D eigenvalue weighted by Gasteiger charge is -2.58. The number of aromatic nitrogens is 1. The highest BCUT2D eigenvalue weighted by atomic mass is 79.9. The Hall–Kier alpha value is -1.43. The second-order valence-electron chi connectivity index (χ2n) is 10.8. The molecule has 3 aliphatic heterocycles. The standard InChI is InChI=1S/C30H45N2O2.BrH/c1-4-6-7-8-9-10-11-12-18-32-19-16-24(23(5-2)22-32)20-29(32)30(33)26-15-17-31-28-14-13-25(34-3)21-27(26)28;/h5,13-15,17,21,23-24,29-30,33H,2,4,6-12,16,18-20,22H2,1,3H3;1H/q+1;/p-1/t23-,24-,29-,30+,32-;/m0./s1. The monoisotopic (exact) mass is 544 g/mol. The molecule has 0 aliphatic carbocycles. The van der Waals surface area contributed by atoms with Gasteiger partial charge in [-0.2, -0.15) is 0 Å². The molecule has 194 valence electrons. The van der Waals surface area contributed by atoms with Crippen molar-refractivity contribution >= 4 is 10.9 Å². The second-order valence-corrected chi connectivity index (χ2v) is 10.8. The van der Waals surface area contributed by atoms with Gasteiger partial charge in [0.1, 0.15) is 17.9 Å². The third-order valence-corrected chi connectivity index (χ3v) is 8.80. The van der Waals surface area contributed by atoms with Gasteiger partial charge in [0, 0.05) is 30.3 Å². The van der Waals surface area contributed by atoms with Crippen molar-refractivity contribution in [3.8, 4) is 5.75 Å². The molecule has 2 aromatic rings. The maximum absolute atomic E-state index is 11.9. The van der Waals surface area contributed by atoms with Crippen molar-refractivity contribution in [2.24, 2.45) is 11.8 Å². The van der Waals surface area contributed by atoms with Crippen LogP contribution < -0.4 is 21.7 Å². The van der Waals surface area contributed by atoms with Gasteiger partial charge in [-0.3, -0.25) is 4.98 Å². The summed E-state index contributed by atoms with van der Waals surface area (Å²) in [6.45, 7) is 9.97. The minimum Gasteiger partial charge on any atom is -1.00 e. The van der Waals surface area contributed by atoms with Crippen LogP contribution in [-0.2, 0) is 0 Å². The van der Waals surface area contributed by atoms with Crippen LogP contribution in [0.5, 0.6) is 5.75 Å². The molecule has 35 heavy (non-hydrogen) atoms. The van der Waals surface area contributed by atoms with Crippen LogP contribution in [-0.4, -0.2) is 47.4 Å². The molecule has 3 aliphatic rings. The first kappa shape index (κ1) is 28.1. The van der Waals surface area contributed by atoms with Crippen LogP contribution in [0.15, 0.2) is 43.1 Å². The fourth-order valence-electron chi connectivity index (χ4n) is 6.79. The smallest absolute Gasteiger partial charge is 0.131 e. The molecule has 0 unspecified atom stereocenters. The van der Waals surface area contributed by atoms with Crippen LogP contribution >= 0.6 is 0 Å². The second kappa shape index (κ2) is 13.2. The van der Waals surface area contributed by atoms with Gasteiger partial charge in [0.15, 0.2) is 0 Å². The minimum absolute atomic E-state index is 0. The van der Waals surface area contributed by atoms with Crippen molar-refractivity contribution < 1.29 is 31.3 Å². The number of rotatable bonds is 13. The zero-order chi connectivity index (χ0) is 24.0. The fourth-order valence-corrected chi connectivity index (χ4v) is 6.79. The zero-order valence-corrected chi connectivity index (χ0v) is 23.4.